The van der Waals surface area contributed by atoms with Gasteiger partial charge in [-0.2, -0.15) is 4.98 Å². The standard InChI is InChI=1S/C23H27N5O3S2/c1-16-4-6-18(7-5-16)27-8-10-28(11-9-27)22-24-17(14-19-21(29)33-23(30)32-19)15-20(25-22)26(2)12-13-31-3/h4-7,14-15H,8-13H2,1-3H3/b19-14-. The molecule has 1 aromatic carbocycles. The molecule has 2 aliphatic heterocycles. The fourth-order valence-corrected chi connectivity index (χ4v) is 5.28. The number of aromatic nitrogens is 2. The summed E-state index contributed by atoms with van der Waals surface area (Å²) in [5.41, 5.74) is 3.09. The number of likely N-dealkylation sites (N-methyl/N-ethyl adjacent to an activating group) is 1. The minimum Gasteiger partial charge on any atom is -0.383 e. The van der Waals surface area contributed by atoms with E-state index in [1.54, 1.807) is 13.2 Å². The molecule has 2 aromatic rings. The lowest BCUT2D eigenvalue weighted by Crippen LogP contribution is -2.47. The Bertz CT molecular complexity index is 1050. The first kappa shape index (κ1) is 23.6. The maximum absolute atomic E-state index is 12.1. The van der Waals surface area contributed by atoms with Gasteiger partial charge in [-0.15, -0.1) is 0 Å². The molecule has 1 aromatic heterocycles. The van der Waals surface area contributed by atoms with Crippen LogP contribution in [0.3, 0.4) is 0 Å². The first-order valence-corrected chi connectivity index (χ1v) is 12.4. The second-order valence-electron chi connectivity index (χ2n) is 7.93. The summed E-state index contributed by atoms with van der Waals surface area (Å²) < 4.78 is 5.00. The molecule has 8 nitrogen and oxygen atoms in total. The van der Waals surface area contributed by atoms with Gasteiger partial charge in [-0.1, -0.05) is 17.7 Å². The van der Waals surface area contributed by atoms with Gasteiger partial charge in [-0.3, -0.25) is 9.59 Å². The number of thioether (sulfide) groups is 2. The van der Waals surface area contributed by atoms with Gasteiger partial charge in [0.15, 0.2) is 0 Å². The number of hydrogen-bond acceptors (Lipinski definition) is 10. The number of hydrogen-bond donors (Lipinski definition) is 0. The normalized spacial score (nSPS) is 17.8. The van der Waals surface area contributed by atoms with Crippen molar-refractivity contribution in [2.75, 3.05) is 68.2 Å². The van der Waals surface area contributed by atoms with Crippen molar-refractivity contribution < 1.29 is 14.3 Å². The lowest BCUT2D eigenvalue weighted by molar-refractivity contribution is -0.107. The molecule has 0 aliphatic carbocycles. The molecule has 3 heterocycles. The highest BCUT2D eigenvalue weighted by Crippen LogP contribution is 2.38. The summed E-state index contributed by atoms with van der Waals surface area (Å²) in [5, 5.41) is -0.230. The minimum atomic E-state index is -0.230. The van der Waals surface area contributed by atoms with Crippen LogP contribution in [0.25, 0.3) is 6.08 Å². The van der Waals surface area contributed by atoms with E-state index in [-0.39, 0.29) is 9.56 Å². The Morgan fingerprint density at radius 3 is 2.39 bits per heavy atom. The molecule has 0 radical (unpaired) electrons. The van der Waals surface area contributed by atoms with Gasteiger partial charge in [-0.05, 0) is 36.9 Å². The average molecular weight is 486 g/mol. The molecule has 174 valence electrons. The molecule has 0 saturated carbocycles. The van der Waals surface area contributed by atoms with E-state index in [9.17, 15) is 9.59 Å². The second kappa shape index (κ2) is 10.6. The number of carbonyl (C=O) groups is 2. The fourth-order valence-electron chi connectivity index (χ4n) is 3.61. The van der Waals surface area contributed by atoms with Gasteiger partial charge in [0.25, 0.3) is 4.45 Å². The number of carbonyl (C=O) groups excluding carboxylic acids is 2. The Balaban J connectivity index is 1.56. The van der Waals surface area contributed by atoms with Gasteiger partial charge in [0.1, 0.15) is 5.82 Å². The van der Waals surface area contributed by atoms with Crippen molar-refractivity contribution in [1.29, 1.82) is 0 Å². The van der Waals surface area contributed by atoms with Gasteiger partial charge in [0.2, 0.25) is 11.1 Å². The Hall–Kier alpha value is -2.56. The smallest absolute Gasteiger partial charge is 0.258 e. The summed E-state index contributed by atoms with van der Waals surface area (Å²) in [4.78, 5) is 40.2. The van der Waals surface area contributed by atoms with Gasteiger partial charge < -0.3 is 19.4 Å². The summed E-state index contributed by atoms with van der Waals surface area (Å²) in [6.45, 7) is 6.65. The van der Waals surface area contributed by atoms with Crippen molar-refractivity contribution in [2.24, 2.45) is 0 Å². The first-order chi connectivity index (χ1) is 15.9. The Kier molecular flexibility index (Phi) is 7.56. The Morgan fingerprint density at radius 1 is 1.06 bits per heavy atom. The molecule has 4 rings (SSSR count). The number of aryl methyl sites for hydroxylation is 1. The topological polar surface area (TPSA) is 78.9 Å². The second-order valence-corrected chi connectivity index (χ2v) is 10.1. The molecule has 0 unspecified atom stereocenters. The molecular weight excluding hydrogens is 458 g/mol. The quantitative estimate of drug-likeness (QED) is 0.542. The van der Waals surface area contributed by atoms with Crippen LogP contribution in [0.1, 0.15) is 11.3 Å². The van der Waals surface area contributed by atoms with Crippen LogP contribution in [-0.2, 0) is 9.53 Å². The summed E-state index contributed by atoms with van der Waals surface area (Å²) in [5.74, 6) is 1.38. The van der Waals surface area contributed by atoms with E-state index >= 15 is 0 Å². The van der Waals surface area contributed by atoms with E-state index in [2.05, 4.69) is 41.0 Å². The van der Waals surface area contributed by atoms with Crippen LogP contribution in [0.4, 0.5) is 22.2 Å². The van der Waals surface area contributed by atoms with E-state index < -0.39 is 0 Å². The van der Waals surface area contributed by atoms with Crippen LogP contribution in [0.2, 0.25) is 0 Å². The zero-order chi connectivity index (χ0) is 23.4. The molecule has 0 amide bonds. The molecule has 2 fully saturated rings. The lowest BCUT2D eigenvalue weighted by Gasteiger charge is -2.36. The van der Waals surface area contributed by atoms with E-state index in [0.29, 0.717) is 29.7 Å². The van der Waals surface area contributed by atoms with Crippen molar-refractivity contribution >= 4 is 56.6 Å². The summed E-state index contributed by atoms with van der Waals surface area (Å²) in [7, 11) is 3.62. The van der Waals surface area contributed by atoms with Crippen LogP contribution in [0.15, 0.2) is 35.2 Å². The van der Waals surface area contributed by atoms with Crippen molar-refractivity contribution in [3.05, 3.63) is 46.5 Å². The molecule has 2 aliphatic rings. The highest BCUT2D eigenvalue weighted by atomic mass is 32.2. The number of nitrogens with zero attached hydrogens (tertiary/aromatic N) is 5. The first-order valence-electron chi connectivity index (χ1n) is 10.7. The highest BCUT2D eigenvalue weighted by Gasteiger charge is 2.28. The fraction of sp³-hybridized carbons (Fsp3) is 0.391. The van der Waals surface area contributed by atoms with Crippen LogP contribution in [0, 0.1) is 6.92 Å². The molecule has 33 heavy (non-hydrogen) atoms. The minimum absolute atomic E-state index is 0.204. The molecule has 0 atom stereocenters. The average Bonchev–Trinajstić information content (AvgIpc) is 3.14. The molecule has 0 bridgehead atoms. The summed E-state index contributed by atoms with van der Waals surface area (Å²) >= 11 is 1.69. The number of anilines is 3. The molecule has 10 heteroatoms. The van der Waals surface area contributed by atoms with Gasteiger partial charge in [-0.25, -0.2) is 4.98 Å². The van der Waals surface area contributed by atoms with Crippen LogP contribution in [-0.4, -0.2) is 73.0 Å². The zero-order valence-corrected chi connectivity index (χ0v) is 20.6. The molecule has 2 saturated heterocycles. The van der Waals surface area contributed by atoms with E-state index in [0.717, 1.165) is 55.5 Å². The Labute approximate surface area is 202 Å². The van der Waals surface area contributed by atoms with Crippen molar-refractivity contribution in [3.63, 3.8) is 0 Å². The largest absolute Gasteiger partial charge is 0.383 e. The highest BCUT2D eigenvalue weighted by molar-refractivity contribution is 8.51. The third-order valence-electron chi connectivity index (χ3n) is 5.55. The monoisotopic (exact) mass is 485 g/mol. The third-order valence-corrected chi connectivity index (χ3v) is 7.44. The number of methoxy groups -OCH3 is 1. The number of ether oxygens (including phenoxy) is 1. The van der Waals surface area contributed by atoms with Crippen molar-refractivity contribution in [1.82, 2.24) is 9.97 Å². The van der Waals surface area contributed by atoms with Crippen molar-refractivity contribution in [3.8, 4) is 0 Å². The van der Waals surface area contributed by atoms with Crippen molar-refractivity contribution in [2.45, 2.75) is 6.92 Å². The predicted molar refractivity (Wildman–Crippen MR) is 136 cm³/mol. The summed E-state index contributed by atoms with van der Waals surface area (Å²) in [6, 6.07) is 10.4. The maximum Gasteiger partial charge on any atom is 0.258 e. The number of piperazine rings is 1. The van der Waals surface area contributed by atoms with Crippen LogP contribution in [0.5, 0.6) is 0 Å². The lowest BCUT2D eigenvalue weighted by atomic mass is 10.2. The molecular formula is C23H27N5O3S2. The molecule has 0 N–H and O–H groups in total. The third kappa shape index (κ3) is 5.87. The predicted octanol–water partition coefficient (Wildman–Crippen LogP) is 3.66. The van der Waals surface area contributed by atoms with E-state index in [4.69, 9.17) is 14.7 Å². The zero-order valence-electron chi connectivity index (χ0n) is 19.0. The van der Waals surface area contributed by atoms with Crippen LogP contribution >= 0.6 is 23.5 Å². The SMILES string of the molecule is COCCN(C)c1cc(/C=C2\SC(=O)SC2=O)nc(N2CCN(c3ccc(C)cc3)CC2)n1. The summed E-state index contributed by atoms with van der Waals surface area (Å²) in [6.07, 6.45) is 1.69. The van der Waals surface area contributed by atoms with Gasteiger partial charge in [0.05, 0.1) is 17.2 Å². The van der Waals surface area contributed by atoms with Gasteiger partial charge in [0, 0.05) is 70.4 Å². The van der Waals surface area contributed by atoms with E-state index in [1.807, 2.05) is 18.0 Å². The maximum atomic E-state index is 12.1. The van der Waals surface area contributed by atoms with E-state index in [1.165, 1.54) is 11.3 Å². The van der Waals surface area contributed by atoms with Crippen LogP contribution < -0.4 is 14.7 Å². The Morgan fingerprint density at radius 2 is 1.76 bits per heavy atom. The van der Waals surface area contributed by atoms with Gasteiger partial charge >= 0.3 is 0 Å². The number of benzene rings is 1. The number of rotatable bonds is 7. The molecule has 0 spiro atoms.